The molecule has 1 aromatic carbocycles. The molecule has 1 saturated carbocycles. The number of thiazole rings is 1. The minimum atomic E-state index is -0.0995. The van der Waals surface area contributed by atoms with Gasteiger partial charge in [-0.3, -0.25) is 0 Å². The Labute approximate surface area is 122 Å². The number of rotatable bonds is 2. The fourth-order valence-electron chi connectivity index (χ4n) is 2.72. The van der Waals surface area contributed by atoms with E-state index in [9.17, 15) is 4.79 Å². The summed E-state index contributed by atoms with van der Waals surface area (Å²) < 4.78 is 1.11. The molecular formula is C15H19N3OS. The van der Waals surface area contributed by atoms with E-state index in [-0.39, 0.29) is 6.03 Å². The van der Waals surface area contributed by atoms with E-state index in [2.05, 4.69) is 15.6 Å². The van der Waals surface area contributed by atoms with Crippen LogP contribution in [0, 0.1) is 6.92 Å². The van der Waals surface area contributed by atoms with E-state index in [0.717, 1.165) is 33.8 Å². The first-order chi connectivity index (χ1) is 9.70. The molecule has 0 unspecified atom stereocenters. The van der Waals surface area contributed by atoms with Gasteiger partial charge in [0.05, 0.1) is 15.2 Å². The number of nitrogens with one attached hydrogen (secondary N) is 2. The Balaban J connectivity index is 1.64. The van der Waals surface area contributed by atoms with Crippen molar-refractivity contribution < 1.29 is 4.79 Å². The second kappa shape index (κ2) is 5.79. The quantitative estimate of drug-likeness (QED) is 0.876. The Morgan fingerprint density at radius 3 is 2.90 bits per heavy atom. The van der Waals surface area contributed by atoms with Crippen molar-refractivity contribution in [2.75, 3.05) is 5.32 Å². The number of amides is 2. The lowest BCUT2D eigenvalue weighted by Gasteiger charge is -2.22. The molecule has 0 saturated heterocycles. The zero-order valence-corrected chi connectivity index (χ0v) is 12.4. The fraction of sp³-hybridized carbons (Fsp3) is 0.467. The zero-order chi connectivity index (χ0) is 13.9. The third-order valence-corrected chi connectivity index (χ3v) is 4.63. The summed E-state index contributed by atoms with van der Waals surface area (Å²) in [5, 5.41) is 7.02. The highest BCUT2D eigenvalue weighted by molar-refractivity contribution is 7.18. The van der Waals surface area contributed by atoms with Crippen LogP contribution < -0.4 is 10.6 Å². The lowest BCUT2D eigenvalue weighted by atomic mass is 9.96. The normalized spacial score (nSPS) is 16.2. The van der Waals surface area contributed by atoms with Gasteiger partial charge < -0.3 is 10.6 Å². The predicted octanol–water partition coefficient (Wildman–Crippen LogP) is 4.06. The maximum Gasteiger partial charge on any atom is 0.319 e. The minimum Gasteiger partial charge on any atom is -0.335 e. The first-order valence-corrected chi connectivity index (χ1v) is 7.97. The summed E-state index contributed by atoms with van der Waals surface area (Å²) in [6, 6.07) is 6.08. The van der Waals surface area contributed by atoms with E-state index in [4.69, 9.17) is 0 Å². The van der Waals surface area contributed by atoms with Crippen LogP contribution in [0.5, 0.6) is 0 Å². The summed E-state index contributed by atoms with van der Waals surface area (Å²) in [5.41, 5.74) is 1.82. The van der Waals surface area contributed by atoms with E-state index in [1.54, 1.807) is 11.3 Å². The third kappa shape index (κ3) is 3.10. The van der Waals surface area contributed by atoms with Crippen LogP contribution in [0.4, 0.5) is 10.5 Å². The molecule has 1 aliphatic rings. The smallest absolute Gasteiger partial charge is 0.319 e. The van der Waals surface area contributed by atoms with Gasteiger partial charge in [-0.1, -0.05) is 19.3 Å². The summed E-state index contributed by atoms with van der Waals surface area (Å²) in [7, 11) is 0. The topological polar surface area (TPSA) is 54.0 Å². The van der Waals surface area contributed by atoms with Crippen molar-refractivity contribution in [3.8, 4) is 0 Å². The number of fused-ring (bicyclic) bond motifs is 1. The van der Waals surface area contributed by atoms with Crippen molar-refractivity contribution in [3.05, 3.63) is 23.2 Å². The molecule has 2 N–H and O–H groups in total. The maximum absolute atomic E-state index is 12.0. The van der Waals surface area contributed by atoms with Crippen molar-refractivity contribution in [1.29, 1.82) is 0 Å². The number of urea groups is 1. The molecule has 0 aliphatic heterocycles. The van der Waals surface area contributed by atoms with E-state index >= 15 is 0 Å². The minimum absolute atomic E-state index is 0.0995. The summed E-state index contributed by atoms with van der Waals surface area (Å²) >= 11 is 1.65. The number of aromatic nitrogens is 1. The average molecular weight is 289 g/mol. The number of hydrogen-bond acceptors (Lipinski definition) is 3. The highest BCUT2D eigenvalue weighted by Crippen LogP contribution is 2.24. The summed E-state index contributed by atoms with van der Waals surface area (Å²) in [5.74, 6) is 0. The largest absolute Gasteiger partial charge is 0.335 e. The Kier molecular flexibility index (Phi) is 3.87. The second-order valence-corrected chi connectivity index (χ2v) is 6.58. The van der Waals surface area contributed by atoms with Crippen LogP contribution in [-0.2, 0) is 0 Å². The Hall–Kier alpha value is -1.62. The van der Waals surface area contributed by atoms with E-state index in [1.807, 2.05) is 25.1 Å². The highest BCUT2D eigenvalue weighted by atomic mass is 32.1. The van der Waals surface area contributed by atoms with Gasteiger partial charge in [0.15, 0.2) is 0 Å². The molecule has 1 aromatic heterocycles. The SMILES string of the molecule is Cc1nc2ccc(NC(=O)NC3CCCCC3)cc2s1. The number of benzene rings is 1. The number of nitrogens with zero attached hydrogens (tertiary/aromatic N) is 1. The Bertz CT molecular complexity index is 617. The van der Waals surface area contributed by atoms with Crippen LogP contribution >= 0.6 is 11.3 Å². The number of anilines is 1. The van der Waals surface area contributed by atoms with Gasteiger partial charge in [-0.05, 0) is 38.0 Å². The highest BCUT2D eigenvalue weighted by Gasteiger charge is 2.15. The lowest BCUT2D eigenvalue weighted by Crippen LogP contribution is -2.38. The Morgan fingerprint density at radius 1 is 1.30 bits per heavy atom. The summed E-state index contributed by atoms with van der Waals surface area (Å²) in [4.78, 5) is 16.4. The van der Waals surface area contributed by atoms with Crippen molar-refractivity contribution in [2.24, 2.45) is 0 Å². The number of carbonyl (C=O) groups excluding carboxylic acids is 1. The molecule has 2 amide bonds. The van der Waals surface area contributed by atoms with Crippen molar-refractivity contribution in [2.45, 2.75) is 45.1 Å². The fourth-order valence-corrected chi connectivity index (χ4v) is 3.58. The molecule has 0 radical (unpaired) electrons. The number of aryl methyl sites for hydroxylation is 1. The molecule has 0 spiro atoms. The molecule has 0 bridgehead atoms. The van der Waals surface area contributed by atoms with Gasteiger partial charge in [-0.25, -0.2) is 9.78 Å². The van der Waals surface area contributed by atoms with Crippen molar-refractivity contribution >= 4 is 33.3 Å². The summed E-state index contributed by atoms with van der Waals surface area (Å²) in [6.07, 6.45) is 5.93. The van der Waals surface area contributed by atoms with Crippen molar-refractivity contribution in [1.82, 2.24) is 10.3 Å². The predicted molar refractivity (Wildman–Crippen MR) is 83.4 cm³/mol. The van der Waals surface area contributed by atoms with Gasteiger partial charge in [-0.15, -0.1) is 11.3 Å². The molecule has 0 atom stereocenters. The first kappa shape index (κ1) is 13.4. The van der Waals surface area contributed by atoms with Gasteiger partial charge >= 0.3 is 6.03 Å². The first-order valence-electron chi connectivity index (χ1n) is 7.15. The van der Waals surface area contributed by atoms with E-state index in [0.29, 0.717) is 6.04 Å². The number of hydrogen-bond donors (Lipinski definition) is 2. The number of carbonyl (C=O) groups is 1. The van der Waals surface area contributed by atoms with Gasteiger partial charge in [0.25, 0.3) is 0 Å². The average Bonchev–Trinajstić information content (AvgIpc) is 2.79. The van der Waals surface area contributed by atoms with Crippen LogP contribution in [0.25, 0.3) is 10.2 Å². The lowest BCUT2D eigenvalue weighted by molar-refractivity contribution is 0.244. The monoisotopic (exact) mass is 289 g/mol. The second-order valence-electron chi connectivity index (χ2n) is 5.35. The van der Waals surface area contributed by atoms with Crippen LogP contribution in [0.1, 0.15) is 37.1 Å². The zero-order valence-electron chi connectivity index (χ0n) is 11.6. The van der Waals surface area contributed by atoms with Gasteiger partial charge in [-0.2, -0.15) is 0 Å². The van der Waals surface area contributed by atoms with Gasteiger partial charge in [0.2, 0.25) is 0 Å². The molecular weight excluding hydrogens is 270 g/mol. The standard InChI is InChI=1S/C15H19N3OS/c1-10-16-13-8-7-12(9-14(13)20-10)18-15(19)17-11-5-3-2-4-6-11/h7-9,11H,2-6H2,1H3,(H2,17,18,19). The van der Waals surface area contributed by atoms with E-state index in [1.165, 1.54) is 19.3 Å². The van der Waals surface area contributed by atoms with Crippen LogP contribution in [-0.4, -0.2) is 17.1 Å². The molecule has 2 aromatic rings. The van der Waals surface area contributed by atoms with Gasteiger partial charge in [0, 0.05) is 11.7 Å². The van der Waals surface area contributed by atoms with Crippen molar-refractivity contribution in [3.63, 3.8) is 0 Å². The molecule has 5 heteroatoms. The molecule has 4 nitrogen and oxygen atoms in total. The summed E-state index contributed by atoms with van der Waals surface area (Å²) in [6.45, 7) is 1.99. The molecule has 1 fully saturated rings. The van der Waals surface area contributed by atoms with Crippen LogP contribution in [0.3, 0.4) is 0 Å². The molecule has 3 rings (SSSR count). The molecule has 20 heavy (non-hydrogen) atoms. The van der Waals surface area contributed by atoms with Crippen LogP contribution in [0.2, 0.25) is 0 Å². The maximum atomic E-state index is 12.0. The molecule has 1 heterocycles. The molecule has 1 aliphatic carbocycles. The van der Waals surface area contributed by atoms with E-state index < -0.39 is 0 Å². The Morgan fingerprint density at radius 2 is 2.10 bits per heavy atom. The third-order valence-electron chi connectivity index (χ3n) is 3.69. The van der Waals surface area contributed by atoms with Gasteiger partial charge in [0.1, 0.15) is 0 Å². The van der Waals surface area contributed by atoms with Crippen LogP contribution in [0.15, 0.2) is 18.2 Å². The molecule has 106 valence electrons.